The average molecular weight is 453 g/mol. The number of aliphatic hydroxyl groups excluding tert-OH is 1. The maximum atomic E-state index is 12.4. The molecule has 0 saturated carbocycles. The Kier molecular flexibility index (Phi) is 9.22. The molecule has 1 fully saturated rings. The molecule has 0 radical (unpaired) electrons. The molecule has 0 spiro atoms. The minimum Gasteiger partial charge on any atom is -0.497 e. The van der Waals surface area contributed by atoms with Crippen molar-refractivity contribution in [3.8, 4) is 5.75 Å². The van der Waals surface area contributed by atoms with E-state index in [0.717, 1.165) is 11.3 Å². The van der Waals surface area contributed by atoms with E-state index in [9.17, 15) is 14.7 Å². The molecule has 4 atom stereocenters. The minimum atomic E-state index is -0.692. The third kappa shape index (κ3) is 7.55. The molecule has 2 heterocycles. The van der Waals surface area contributed by atoms with Gasteiger partial charge in [0.25, 0.3) is 0 Å². The van der Waals surface area contributed by atoms with Gasteiger partial charge in [-0.2, -0.15) is 0 Å². The van der Waals surface area contributed by atoms with Crippen molar-refractivity contribution in [1.29, 1.82) is 0 Å². The molecule has 1 aliphatic carbocycles. The highest BCUT2D eigenvalue weighted by molar-refractivity contribution is 6.19. The fourth-order valence-electron chi connectivity index (χ4n) is 3.78. The van der Waals surface area contributed by atoms with Gasteiger partial charge < -0.3 is 19.3 Å². The van der Waals surface area contributed by atoms with Crippen LogP contribution < -0.4 is 4.74 Å². The van der Waals surface area contributed by atoms with Gasteiger partial charge in [-0.3, -0.25) is 4.79 Å². The summed E-state index contributed by atoms with van der Waals surface area (Å²) in [6, 6.07) is 7.77. The van der Waals surface area contributed by atoms with E-state index in [2.05, 4.69) is 6.92 Å². The van der Waals surface area contributed by atoms with E-state index >= 15 is 0 Å². The van der Waals surface area contributed by atoms with E-state index in [-0.39, 0.29) is 36.2 Å². The first-order valence-corrected chi connectivity index (χ1v) is 11.3. The van der Waals surface area contributed by atoms with Crippen LogP contribution in [0.2, 0.25) is 0 Å². The first-order valence-electron chi connectivity index (χ1n) is 11.3. The zero-order valence-corrected chi connectivity index (χ0v) is 19.2. The number of methoxy groups -OCH3 is 1. The van der Waals surface area contributed by atoms with Crippen molar-refractivity contribution in [2.24, 2.45) is 5.92 Å². The lowest BCUT2D eigenvalue weighted by Gasteiger charge is -2.24. The van der Waals surface area contributed by atoms with Crippen LogP contribution in [-0.2, 0) is 25.7 Å². The number of hydrogen-bond acceptors (Lipinski definition) is 6. The number of carbonyl (C=O) groups excluding carboxylic acids is 2. The summed E-state index contributed by atoms with van der Waals surface area (Å²) in [5.41, 5.74) is 1.10. The van der Waals surface area contributed by atoms with Gasteiger partial charge in [-0.15, -0.1) is 0 Å². The number of carbonyl (C=O) groups is 2. The zero-order chi connectivity index (χ0) is 23.6. The van der Waals surface area contributed by atoms with E-state index in [0.29, 0.717) is 19.4 Å². The van der Waals surface area contributed by atoms with Crippen LogP contribution in [0, 0.1) is 5.92 Å². The second kappa shape index (κ2) is 12.3. The molecule has 4 rings (SSSR count). The molecule has 2 bridgehead atoms. The molecule has 1 N–H and O–H groups in total. The van der Waals surface area contributed by atoms with Crippen LogP contribution in [0.3, 0.4) is 0 Å². The van der Waals surface area contributed by atoms with Crippen LogP contribution in [-0.4, -0.2) is 42.3 Å². The molecule has 33 heavy (non-hydrogen) atoms. The summed E-state index contributed by atoms with van der Waals surface area (Å²) in [5, 5.41) is 10.3. The number of hydrogen-bond donors (Lipinski definition) is 1. The van der Waals surface area contributed by atoms with Crippen molar-refractivity contribution in [1.82, 2.24) is 0 Å². The smallest absolute Gasteiger partial charge is 0.342 e. The molecule has 0 amide bonds. The lowest BCUT2D eigenvalue weighted by atomic mass is 9.96. The van der Waals surface area contributed by atoms with Crippen LogP contribution in [0.5, 0.6) is 5.75 Å². The summed E-state index contributed by atoms with van der Waals surface area (Å²) in [7, 11) is 1.64. The molecule has 176 valence electrons. The van der Waals surface area contributed by atoms with Gasteiger partial charge in [0.2, 0.25) is 0 Å². The summed E-state index contributed by atoms with van der Waals surface area (Å²) in [6.07, 6.45) is 12.9. The highest BCUT2D eigenvalue weighted by Gasteiger charge is 2.32. The first kappa shape index (κ1) is 24.7. The van der Waals surface area contributed by atoms with Crippen LogP contribution in [0.4, 0.5) is 0 Å². The number of fused-ring (bicyclic) bond motifs is 11. The summed E-state index contributed by atoms with van der Waals surface area (Å²) in [4.78, 5) is 24.6. The van der Waals surface area contributed by atoms with Crippen molar-refractivity contribution in [2.45, 2.75) is 57.5 Å². The van der Waals surface area contributed by atoms with Crippen molar-refractivity contribution >= 4 is 11.8 Å². The van der Waals surface area contributed by atoms with Gasteiger partial charge in [-0.25, -0.2) is 4.79 Å². The van der Waals surface area contributed by atoms with Gasteiger partial charge in [0, 0.05) is 12.8 Å². The van der Waals surface area contributed by atoms with Gasteiger partial charge in [0.1, 0.15) is 17.4 Å². The molecule has 6 nitrogen and oxygen atoms in total. The standard InChI is InChI=1S/C27H32O6/c1-19-8-6-7-10-24-25(29)17-23(33-27(24)30)16-21(28)9-4-3-5-11-26(19)32-18-20-12-14-22(31-2)15-13-20/h3-7,10-15,19,21,23,26,28H,8-9,16-18H2,1-2H3/b4-3-,7-6-,11-5-,24-10+/t19-,21+,23-,26-/m1/s1. The maximum Gasteiger partial charge on any atom is 0.342 e. The Morgan fingerprint density at radius 1 is 1.06 bits per heavy atom. The van der Waals surface area contributed by atoms with Gasteiger partial charge >= 0.3 is 5.97 Å². The summed E-state index contributed by atoms with van der Waals surface area (Å²) < 4.78 is 16.8. The molecule has 3 aliphatic rings. The number of benzene rings is 1. The molecule has 6 heteroatoms. The Labute approximate surface area is 195 Å². The molecule has 1 aromatic rings. The Hall–Kier alpha value is -2.96. The van der Waals surface area contributed by atoms with Gasteiger partial charge in [0.05, 0.1) is 25.9 Å². The lowest BCUT2D eigenvalue weighted by molar-refractivity contribution is -0.152. The van der Waals surface area contributed by atoms with Crippen LogP contribution >= 0.6 is 0 Å². The van der Waals surface area contributed by atoms with Crippen molar-refractivity contribution in [3.63, 3.8) is 0 Å². The minimum absolute atomic E-state index is 0.0565. The topological polar surface area (TPSA) is 82.1 Å². The Morgan fingerprint density at radius 2 is 1.82 bits per heavy atom. The molecular formula is C27H32O6. The van der Waals surface area contributed by atoms with E-state index in [1.54, 1.807) is 13.2 Å². The number of ketones is 1. The van der Waals surface area contributed by atoms with Crippen LogP contribution in [0.15, 0.2) is 72.4 Å². The highest BCUT2D eigenvalue weighted by Crippen LogP contribution is 2.22. The average Bonchev–Trinajstić information content (AvgIpc) is 2.79. The summed E-state index contributed by atoms with van der Waals surface area (Å²) in [5.74, 6) is 0.0870. The summed E-state index contributed by atoms with van der Waals surface area (Å²) >= 11 is 0. The predicted molar refractivity (Wildman–Crippen MR) is 126 cm³/mol. The molecule has 1 aromatic carbocycles. The lowest BCUT2D eigenvalue weighted by Crippen LogP contribution is -2.34. The molecule has 2 aliphatic heterocycles. The SMILES string of the molecule is COc1ccc(CO[C@@H]2/C=C\C=C/C[C@H](O)C[C@@H]3CC(=O)/C(=C\C=C/C[C@H]2C)C(=O)O3)cc1. The van der Waals surface area contributed by atoms with E-state index in [4.69, 9.17) is 14.2 Å². The fourth-order valence-corrected chi connectivity index (χ4v) is 3.78. The van der Waals surface area contributed by atoms with Gasteiger partial charge in [-0.05, 0) is 42.5 Å². The molecule has 0 unspecified atom stereocenters. The number of aliphatic hydroxyl groups is 1. The highest BCUT2D eigenvalue weighted by atomic mass is 16.5. The zero-order valence-electron chi connectivity index (χ0n) is 19.2. The number of esters is 1. The van der Waals surface area contributed by atoms with Crippen LogP contribution in [0.1, 0.15) is 38.2 Å². The van der Waals surface area contributed by atoms with Gasteiger partial charge in [-0.1, -0.05) is 55.5 Å². The Morgan fingerprint density at radius 3 is 2.55 bits per heavy atom. The maximum absolute atomic E-state index is 12.4. The van der Waals surface area contributed by atoms with Crippen molar-refractivity contribution in [2.75, 3.05) is 7.11 Å². The number of Topliss-reactive ketones (excluding diaryl/α,β-unsaturated/α-hetero) is 1. The third-order valence-electron chi connectivity index (χ3n) is 5.77. The first-order chi connectivity index (χ1) is 16.0. The van der Waals surface area contributed by atoms with Gasteiger partial charge in [0.15, 0.2) is 5.78 Å². The molecular weight excluding hydrogens is 420 g/mol. The third-order valence-corrected chi connectivity index (χ3v) is 5.77. The Balaban J connectivity index is 1.73. The molecule has 0 aromatic heterocycles. The molecule has 1 saturated heterocycles. The predicted octanol–water partition coefficient (Wildman–Crippen LogP) is 4.24. The second-order valence-corrected chi connectivity index (χ2v) is 8.44. The number of ether oxygens (including phenoxy) is 3. The Bertz CT molecular complexity index is 904. The van der Waals surface area contributed by atoms with Crippen LogP contribution in [0.25, 0.3) is 0 Å². The number of allylic oxidation sites excluding steroid dienone is 5. The van der Waals surface area contributed by atoms with E-state index in [1.807, 2.05) is 54.6 Å². The fraction of sp³-hybridized carbons (Fsp3) is 0.407. The quantitative estimate of drug-likeness (QED) is 0.544. The largest absolute Gasteiger partial charge is 0.497 e. The summed E-state index contributed by atoms with van der Waals surface area (Å²) in [6.45, 7) is 2.55. The normalized spacial score (nSPS) is 31.1. The monoisotopic (exact) mass is 452 g/mol. The van der Waals surface area contributed by atoms with E-state index in [1.165, 1.54) is 6.08 Å². The second-order valence-electron chi connectivity index (χ2n) is 8.44. The van der Waals surface area contributed by atoms with E-state index < -0.39 is 18.2 Å². The van der Waals surface area contributed by atoms with Crippen molar-refractivity contribution in [3.05, 3.63) is 77.9 Å². The van der Waals surface area contributed by atoms with Crippen molar-refractivity contribution < 1.29 is 28.9 Å². The number of rotatable bonds is 4.